The molecule has 2 aromatic heterocycles. The Morgan fingerprint density at radius 1 is 1.23 bits per heavy atom. The first-order chi connectivity index (χ1) is 16.9. The second kappa shape index (κ2) is 8.91. The SMILES string of the molecule is CCOC(=O)c1sc(N2C(=O)C(=O)/C(=C(/O)c3ccc4c(c3)OCCO4)C2c2ccco2)nc1C. The average molecular weight is 496 g/mol. The Kier molecular flexibility index (Phi) is 5.77. The number of esters is 1. The van der Waals surface area contributed by atoms with Gasteiger partial charge in [0.15, 0.2) is 16.6 Å². The molecule has 0 radical (unpaired) electrons. The maximum atomic E-state index is 13.2. The number of amides is 1. The number of Topliss-reactive ketones (excluding diaryl/α,β-unsaturated/α-hetero) is 1. The van der Waals surface area contributed by atoms with Crippen LogP contribution in [0.4, 0.5) is 5.13 Å². The zero-order valence-corrected chi connectivity index (χ0v) is 19.6. The van der Waals surface area contributed by atoms with Crippen LogP contribution in [-0.2, 0) is 14.3 Å². The number of hydrogen-bond acceptors (Lipinski definition) is 10. The van der Waals surface area contributed by atoms with E-state index in [4.69, 9.17) is 18.6 Å². The van der Waals surface area contributed by atoms with Crippen LogP contribution in [0, 0.1) is 6.92 Å². The third kappa shape index (κ3) is 3.83. The number of aryl methyl sites for hydroxylation is 1. The standard InChI is InChI=1S/C24H20N2O8S/c1-3-31-23(30)21-12(2)25-24(35-21)26-18(15-5-4-8-32-15)17(20(28)22(26)29)19(27)13-6-7-14-16(11-13)34-10-9-33-14/h4-8,11,18,27H,3,9-10H2,1-2H3/b19-17+. The van der Waals surface area contributed by atoms with Crippen LogP contribution in [0.5, 0.6) is 11.5 Å². The summed E-state index contributed by atoms with van der Waals surface area (Å²) in [6, 6.07) is 6.84. The first kappa shape index (κ1) is 22.7. The van der Waals surface area contributed by atoms with Gasteiger partial charge in [-0.05, 0) is 44.2 Å². The van der Waals surface area contributed by atoms with Gasteiger partial charge in [0.05, 0.1) is 24.1 Å². The molecule has 2 aliphatic rings. The normalized spacial score (nSPS) is 18.7. The highest BCUT2D eigenvalue weighted by Gasteiger charge is 2.49. The molecule has 0 bridgehead atoms. The first-order valence-corrected chi connectivity index (χ1v) is 11.6. The van der Waals surface area contributed by atoms with Crippen molar-refractivity contribution in [1.29, 1.82) is 0 Å². The molecule has 1 fully saturated rings. The van der Waals surface area contributed by atoms with Gasteiger partial charge in [-0.15, -0.1) is 0 Å². The Hall–Kier alpha value is -4.12. The number of anilines is 1. The van der Waals surface area contributed by atoms with Crippen LogP contribution in [0.3, 0.4) is 0 Å². The van der Waals surface area contributed by atoms with E-state index in [0.29, 0.717) is 30.4 Å². The molecular weight excluding hydrogens is 476 g/mol. The van der Waals surface area contributed by atoms with Crippen LogP contribution in [-0.4, -0.2) is 47.6 Å². The molecule has 180 valence electrons. The third-order valence-corrected chi connectivity index (χ3v) is 6.66. The summed E-state index contributed by atoms with van der Waals surface area (Å²) < 4.78 is 21.7. The molecule has 0 aliphatic carbocycles. The summed E-state index contributed by atoms with van der Waals surface area (Å²) in [6.45, 7) is 4.23. The Labute approximate surface area is 203 Å². The van der Waals surface area contributed by atoms with Gasteiger partial charge in [-0.1, -0.05) is 11.3 Å². The minimum Gasteiger partial charge on any atom is -0.507 e. The Bertz CT molecular complexity index is 1360. The topological polar surface area (TPSA) is 128 Å². The summed E-state index contributed by atoms with van der Waals surface area (Å²) in [7, 11) is 0. The molecule has 3 aromatic rings. The third-order valence-electron chi connectivity index (χ3n) is 5.52. The monoisotopic (exact) mass is 496 g/mol. The van der Waals surface area contributed by atoms with Crippen molar-refractivity contribution in [2.24, 2.45) is 0 Å². The van der Waals surface area contributed by atoms with Crippen LogP contribution in [0.2, 0.25) is 0 Å². The van der Waals surface area contributed by atoms with Gasteiger partial charge in [0.1, 0.15) is 35.7 Å². The number of ether oxygens (including phenoxy) is 3. The molecule has 1 saturated heterocycles. The zero-order chi connectivity index (χ0) is 24.7. The van der Waals surface area contributed by atoms with Gasteiger partial charge in [0, 0.05) is 5.56 Å². The molecule has 1 N–H and O–H groups in total. The first-order valence-electron chi connectivity index (χ1n) is 10.8. The highest BCUT2D eigenvalue weighted by atomic mass is 32.1. The van der Waals surface area contributed by atoms with Crippen molar-refractivity contribution >= 4 is 39.9 Å². The van der Waals surface area contributed by atoms with Crippen LogP contribution in [0.15, 0.2) is 46.6 Å². The number of benzene rings is 1. The second-order valence-electron chi connectivity index (χ2n) is 7.67. The van der Waals surface area contributed by atoms with Crippen molar-refractivity contribution in [1.82, 2.24) is 4.98 Å². The molecule has 11 heteroatoms. The zero-order valence-electron chi connectivity index (χ0n) is 18.8. The van der Waals surface area contributed by atoms with Crippen molar-refractivity contribution in [3.05, 3.63) is 64.1 Å². The number of aromatic nitrogens is 1. The predicted octanol–water partition coefficient (Wildman–Crippen LogP) is 3.62. The molecular formula is C24H20N2O8S. The van der Waals surface area contributed by atoms with E-state index in [1.807, 2.05) is 0 Å². The molecule has 4 heterocycles. The number of furan rings is 1. The largest absolute Gasteiger partial charge is 0.507 e. The fraction of sp³-hybridized carbons (Fsp3) is 0.250. The van der Waals surface area contributed by atoms with E-state index in [1.54, 1.807) is 44.2 Å². The smallest absolute Gasteiger partial charge is 0.350 e. The van der Waals surface area contributed by atoms with E-state index in [9.17, 15) is 19.5 Å². The van der Waals surface area contributed by atoms with E-state index in [1.165, 1.54) is 6.26 Å². The fourth-order valence-corrected chi connectivity index (χ4v) is 4.95. The lowest BCUT2D eigenvalue weighted by Crippen LogP contribution is -2.29. The van der Waals surface area contributed by atoms with Crippen LogP contribution in [0.25, 0.3) is 5.76 Å². The molecule has 1 aromatic carbocycles. The van der Waals surface area contributed by atoms with Crippen LogP contribution >= 0.6 is 11.3 Å². The summed E-state index contributed by atoms with van der Waals surface area (Å²) in [6.07, 6.45) is 1.40. The summed E-state index contributed by atoms with van der Waals surface area (Å²) >= 11 is 0.925. The molecule has 1 unspecified atom stereocenters. The quantitative estimate of drug-likeness (QED) is 0.244. The second-order valence-corrected chi connectivity index (χ2v) is 8.65. The lowest BCUT2D eigenvalue weighted by Gasteiger charge is -2.21. The molecule has 35 heavy (non-hydrogen) atoms. The van der Waals surface area contributed by atoms with E-state index in [0.717, 1.165) is 16.2 Å². The van der Waals surface area contributed by atoms with Crippen LogP contribution in [0.1, 0.15) is 39.7 Å². The number of rotatable bonds is 5. The van der Waals surface area contributed by atoms with E-state index in [2.05, 4.69) is 4.98 Å². The van der Waals surface area contributed by atoms with Gasteiger partial charge >= 0.3 is 11.9 Å². The fourth-order valence-electron chi connectivity index (χ4n) is 3.96. The molecule has 0 spiro atoms. The molecule has 5 rings (SSSR count). The van der Waals surface area contributed by atoms with Gasteiger partial charge in [-0.2, -0.15) is 0 Å². The highest BCUT2D eigenvalue weighted by Crippen LogP contribution is 2.44. The van der Waals surface area contributed by atoms with Crippen molar-refractivity contribution in [3.63, 3.8) is 0 Å². The van der Waals surface area contributed by atoms with Gasteiger partial charge in [-0.25, -0.2) is 9.78 Å². The Morgan fingerprint density at radius 2 is 2.00 bits per heavy atom. The average Bonchev–Trinajstić information content (AvgIpc) is 3.57. The molecule has 10 nitrogen and oxygen atoms in total. The van der Waals surface area contributed by atoms with E-state index in [-0.39, 0.29) is 33.5 Å². The number of ketones is 1. The van der Waals surface area contributed by atoms with Crippen LogP contribution < -0.4 is 14.4 Å². The number of carbonyl (C=O) groups excluding carboxylic acids is 3. The number of hydrogen-bond donors (Lipinski definition) is 1. The van der Waals surface area contributed by atoms with E-state index >= 15 is 0 Å². The van der Waals surface area contributed by atoms with Gasteiger partial charge in [0.25, 0.3) is 5.78 Å². The summed E-state index contributed by atoms with van der Waals surface area (Å²) in [5, 5.41) is 11.3. The van der Waals surface area contributed by atoms with E-state index < -0.39 is 29.5 Å². The van der Waals surface area contributed by atoms with Crippen molar-refractivity contribution in [3.8, 4) is 11.5 Å². The number of aliphatic hydroxyl groups is 1. The minimum atomic E-state index is -1.10. The molecule has 1 amide bonds. The van der Waals surface area contributed by atoms with Gasteiger partial charge in [0.2, 0.25) is 0 Å². The number of carbonyl (C=O) groups is 3. The number of fused-ring (bicyclic) bond motifs is 1. The maximum absolute atomic E-state index is 13.2. The lowest BCUT2D eigenvalue weighted by atomic mass is 9.99. The summed E-state index contributed by atoms with van der Waals surface area (Å²) in [5.41, 5.74) is 0.453. The van der Waals surface area contributed by atoms with Crippen molar-refractivity contribution < 1.29 is 38.1 Å². The molecule has 0 saturated carbocycles. The highest BCUT2D eigenvalue weighted by molar-refractivity contribution is 7.17. The minimum absolute atomic E-state index is 0.107. The number of aliphatic hydroxyl groups excluding tert-OH is 1. The number of thiazole rings is 1. The molecule has 1 atom stereocenters. The lowest BCUT2D eigenvalue weighted by molar-refractivity contribution is -0.132. The number of nitrogens with zero attached hydrogens (tertiary/aromatic N) is 2. The maximum Gasteiger partial charge on any atom is 0.350 e. The molecule has 2 aliphatic heterocycles. The Morgan fingerprint density at radius 3 is 2.71 bits per heavy atom. The van der Waals surface area contributed by atoms with Gasteiger partial charge < -0.3 is 23.7 Å². The van der Waals surface area contributed by atoms with Crippen molar-refractivity contribution in [2.45, 2.75) is 19.9 Å². The Balaban J connectivity index is 1.63. The van der Waals surface area contributed by atoms with Crippen molar-refractivity contribution in [2.75, 3.05) is 24.7 Å². The summed E-state index contributed by atoms with van der Waals surface area (Å²) in [4.78, 5) is 44.4. The summed E-state index contributed by atoms with van der Waals surface area (Å²) in [5.74, 6) is -1.62. The predicted molar refractivity (Wildman–Crippen MR) is 124 cm³/mol. The van der Waals surface area contributed by atoms with Gasteiger partial charge in [-0.3, -0.25) is 14.5 Å².